The molecule has 0 aliphatic carbocycles. The molecule has 1 N–H and O–H groups in total. The molecule has 1 atom stereocenters. The minimum atomic E-state index is 0.382. The summed E-state index contributed by atoms with van der Waals surface area (Å²) < 4.78 is 8.09. The average molecular weight is 352 g/mol. The van der Waals surface area contributed by atoms with E-state index in [1.54, 1.807) is 7.11 Å². The lowest BCUT2D eigenvalue weighted by Crippen LogP contribution is -2.26. The second-order valence-electron chi connectivity index (χ2n) is 5.10. The number of nitrogens with one attached hydrogen (secondary N) is 1. The molecule has 0 spiro atoms. The van der Waals surface area contributed by atoms with Crippen molar-refractivity contribution in [1.82, 2.24) is 15.1 Å². The van der Waals surface area contributed by atoms with Gasteiger partial charge >= 0.3 is 0 Å². The van der Waals surface area contributed by atoms with Crippen LogP contribution in [-0.2, 0) is 18.2 Å². The van der Waals surface area contributed by atoms with E-state index < -0.39 is 0 Å². The smallest absolute Gasteiger partial charge is 0.0631 e. The zero-order valence-electron chi connectivity index (χ0n) is 12.6. The van der Waals surface area contributed by atoms with Crippen LogP contribution >= 0.6 is 15.9 Å². The lowest BCUT2D eigenvalue weighted by atomic mass is 9.94. The molecule has 5 heteroatoms. The number of benzene rings is 1. The molecule has 2 aromatic rings. The minimum absolute atomic E-state index is 0.382. The maximum atomic E-state index is 5.09. The fraction of sp³-hybridized carbons (Fsp3) is 0.438. The summed E-state index contributed by atoms with van der Waals surface area (Å²) in [5.74, 6) is 0.382. The van der Waals surface area contributed by atoms with Crippen LogP contribution in [0.15, 0.2) is 41.0 Å². The molecule has 0 aliphatic rings. The molecule has 0 saturated heterocycles. The Labute approximate surface area is 134 Å². The lowest BCUT2D eigenvalue weighted by Gasteiger charge is -2.18. The van der Waals surface area contributed by atoms with Crippen molar-refractivity contribution in [3.63, 3.8) is 0 Å². The van der Waals surface area contributed by atoms with Crippen LogP contribution in [0.25, 0.3) is 0 Å². The molecule has 1 aromatic heterocycles. The topological polar surface area (TPSA) is 39.1 Å². The van der Waals surface area contributed by atoms with Crippen LogP contribution in [0, 0.1) is 0 Å². The average Bonchev–Trinajstić information content (AvgIpc) is 2.88. The van der Waals surface area contributed by atoms with Crippen LogP contribution in [-0.4, -0.2) is 36.6 Å². The first-order valence-electron chi connectivity index (χ1n) is 7.13. The molecule has 0 fully saturated rings. The molecule has 114 valence electrons. The van der Waals surface area contributed by atoms with Gasteiger partial charge in [0.2, 0.25) is 0 Å². The van der Waals surface area contributed by atoms with E-state index >= 15 is 0 Å². The summed E-state index contributed by atoms with van der Waals surface area (Å²) in [5, 5.41) is 7.96. The fourth-order valence-corrected chi connectivity index (χ4v) is 2.98. The molecule has 0 aliphatic heterocycles. The number of aromatic nitrogens is 2. The minimum Gasteiger partial charge on any atom is -0.383 e. The molecule has 2 rings (SSSR count). The molecular formula is C16H22BrN3O. The van der Waals surface area contributed by atoms with E-state index in [-0.39, 0.29) is 0 Å². The quantitative estimate of drug-likeness (QED) is 0.743. The third kappa shape index (κ3) is 4.95. The van der Waals surface area contributed by atoms with Crippen LogP contribution in [0.2, 0.25) is 0 Å². The maximum Gasteiger partial charge on any atom is 0.0631 e. The van der Waals surface area contributed by atoms with Gasteiger partial charge in [-0.3, -0.25) is 4.68 Å². The first-order valence-corrected chi connectivity index (χ1v) is 7.92. The van der Waals surface area contributed by atoms with Crippen LogP contribution in [0.1, 0.15) is 17.2 Å². The van der Waals surface area contributed by atoms with Gasteiger partial charge in [0.1, 0.15) is 0 Å². The molecule has 1 aromatic carbocycles. The van der Waals surface area contributed by atoms with Crippen molar-refractivity contribution in [2.24, 2.45) is 7.05 Å². The molecule has 1 unspecified atom stereocenters. The molecule has 0 radical (unpaired) electrons. The molecule has 0 saturated carbocycles. The van der Waals surface area contributed by atoms with Crippen molar-refractivity contribution in [2.45, 2.75) is 12.3 Å². The van der Waals surface area contributed by atoms with Gasteiger partial charge < -0.3 is 10.1 Å². The predicted octanol–water partition coefficient (Wildman–Crippen LogP) is 2.74. The van der Waals surface area contributed by atoms with Gasteiger partial charge in [-0.25, -0.2) is 0 Å². The van der Waals surface area contributed by atoms with Crippen LogP contribution in [0.4, 0.5) is 0 Å². The van der Waals surface area contributed by atoms with Gasteiger partial charge in [-0.15, -0.1) is 0 Å². The third-order valence-electron chi connectivity index (χ3n) is 3.44. The number of nitrogens with zero attached hydrogens (tertiary/aromatic N) is 2. The zero-order valence-corrected chi connectivity index (χ0v) is 14.1. The van der Waals surface area contributed by atoms with Gasteiger partial charge in [-0.2, -0.15) is 5.10 Å². The molecule has 0 amide bonds. The van der Waals surface area contributed by atoms with Gasteiger partial charge in [-0.05, 0) is 24.1 Å². The Kier molecular flexibility index (Phi) is 6.42. The van der Waals surface area contributed by atoms with Crippen molar-refractivity contribution in [3.8, 4) is 0 Å². The van der Waals surface area contributed by atoms with Crippen molar-refractivity contribution in [2.75, 3.05) is 26.8 Å². The second kappa shape index (κ2) is 8.32. The van der Waals surface area contributed by atoms with E-state index in [2.05, 4.69) is 50.6 Å². The van der Waals surface area contributed by atoms with Gasteiger partial charge in [0.25, 0.3) is 0 Å². The first kappa shape index (κ1) is 16.2. The molecule has 21 heavy (non-hydrogen) atoms. The number of ether oxygens (including phenoxy) is 1. The van der Waals surface area contributed by atoms with Gasteiger partial charge in [0.05, 0.1) is 12.3 Å². The SMILES string of the molecule is COCCNCC(Cc1ccn(C)n1)c1ccccc1Br. The Hall–Kier alpha value is -1.17. The van der Waals surface area contributed by atoms with Crippen LogP contribution in [0.5, 0.6) is 0 Å². The summed E-state index contributed by atoms with van der Waals surface area (Å²) in [6.45, 7) is 2.49. The summed E-state index contributed by atoms with van der Waals surface area (Å²) >= 11 is 3.66. The van der Waals surface area contributed by atoms with Crippen molar-refractivity contribution < 1.29 is 4.74 Å². The van der Waals surface area contributed by atoms with Crippen molar-refractivity contribution in [1.29, 1.82) is 0 Å². The predicted molar refractivity (Wildman–Crippen MR) is 88.5 cm³/mol. The maximum absolute atomic E-state index is 5.09. The number of halogens is 1. The third-order valence-corrected chi connectivity index (χ3v) is 4.17. The number of rotatable bonds is 8. The number of hydrogen-bond acceptors (Lipinski definition) is 3. The fourth-order valence-electron chi connectivity index (χ4n) is 2.37. The summed E-state index contributed by atoms with van der Waals surface area (Å²) in [4.78, 5) is 0. The Morgan fingerprint density at radius 3 is 2.81 bits per heavy atom. The largest absolute Gasteiger partial charge is 0.383 e. The standard InChI is InChI=1S/C16H22BrN3O/c1-20-9-7-14(19-20)11-13(12-18-8-10-21-2)15-5-3-4-6-16(15)17/h3-7,9,13,18H,8,10-12H2,1-2H3. The van der Waals surface area contributed by atoms with Gasteiger partial charge in [0, 0.05) is 43.8 Å². The van der Waals surface area contributed by atoms with Crippen molar-refractivity contribution >= 4 is 15.9 Å². The molecule has 1 heterocycles. The second-order valence-corrected chi connectivity index (χ2v) is 5.95. The van der Waals surface area contributed by atoms with Crippen LogP contribution in [0.3, 0.4) is 0 Å². The normalized spacial score (nSPS) is 12.5. The molecule has 0 bridgehead atoms. The summed E-state index contributed by atoms with van der Waals surface area (Å²) in [6, 6.07) is 10.5. The lowest BCUT2D eigenvalue weighted by molar-refractivity contribution is 0.199. The number of hydrogen-bond donors (Lipinski definition) is 1. The van der Waals surface area contributed by atoms with Gasteiger partial charge in [0.15, 0.2) is 0 Å². The Bertz CT molecular complexity index is 556. The van der Waals surface area contributed by atoms with E-state index in [9.17, 15) is 0 Å². The van der Waals surface area contributed by atoms with Gasteiger partial charge in [-0.1, -0.05) is 34.1 Å². The first-order chi connectivity index (χ1) is 10.2. The Balaban J connectivity index is 2.08. The highest BCUT2D eigenvalue weighted by molar-refractivity contribution is 9.10. The molecular weight excluding hydrogens is 330 g/mol. The summed E-state index contributed by atoms with van der Waals surface area (Å²) in [5.41, 5.74) is 2.43. The highest BCUT2D eigenvalue weighted by Gasteiger charge is 2.16. The van der Waals surface area contributed by atoms with Crippen molar-refractivity contribution in [3.05, 3.63) is 52.3 Å². The molecule has 4 nitrogen and oxygen atoms in total. The van der Waals surface area contributed by atoms with E-state index in [0.29, 0.717) is 5.92 Å². The summed E-state index contributed by atoms with van der Waals surface area (Å²) in [7, 11) is 3.68. The van der Waals surface area contributed by atoms with Crippen LogP contribution < -0.4 is 5.32 Å². The highest BCUT2D eigenvalue weighted by Crippen LogP contribution is 2.27. The number of aryl methyl sites for hydroxylation is 1. The van der Waals surface area contributed by atoms with E-state index in [0.717, 1.165) is 36.3 Å². The monoisotopic (exact) mass is 351 g/mol. The highest BCUT2D eigenvalue weighted by atomic mass is 79.9. The zero-order chi connectivity index (χ0) is 15.1. The van der Waals surface area contributed by atoms with E-state index in [4.69, 9.17) is 4.74 Å². The van der Waals surface area contributed by atoms with E-state index in [1.165, 1.54) is 5.56 Å². The number of methoxy groups -OCH3 is 1. The van der Waals surface area contributed by atoms with E-state index in [1.807, 2.05) is 24.0 Å². The Morgan fingerprint density at radius 2 is 2.14 bits per heavy atom. The Morgan fingerprint density at radius 1 is 1.33 bits per heavy atom. The summed E-state index contributed by atoms with van der Waals surface area (Å²) in [6.07, 6.45) is 2.91.